The molecule has 26 heavy (non-hydrogen) atoms. The second kappa shape index (κ2) is 8.49. The Labute approximate surface area is 156 Å². The van der Waals surface area contributed by atoms with Gasteiger partial charge in [0, 0.05) is 35.8 Å². The lowest BCUT2D eigenvalue weighted by atomic mass is 10.1. The zero-order valence-electron chi connectivity index (χ0n) is 14.4. The molecule has 6 heteroatoms. The van der Waals surface area contributed by atoms with Crippen molar-refractivity contribution in [2.24, 2.45) is 0 Å². The Morgan fingerprint density at radius 3 is 2.46 bits per heavy atom. The predicted molar refractivity (Wildman–Crippen MR) is 104 cm³/mol. The third-order valence-corrected chi connectivity index (χ3v) is 4.86. The third kappa shape index (κ3) is 4.40. The number of hydrogen-bond donors (Lipinski definition) is 1. The van der Waals surface area contributed by atoms with E-state index in [-0.39, 0.29) is 11.7 Å². The van der Waals surface area contributed by atoms with Crippen molar-refractivity contribution in [2.75, 3.05) is 11.1 Å². The summed E-state index contributed by atoms with van der Waals surface area (Å²) in [5.41, 5.74) is 1.87. The fourth-order valence-electron chi connectivity index (χ4n) is 2.42. The minimum Gasteiger partial charge on any atom is -0.326 e. The summed E-state index contributed by atoms with van der Waals surface area (Å²) in [4.78, 5) is 28.7. The number of carbonyl (C=O) groups excluding carboxylic acids is 2. The molecular formula is C20H19N3O2S. The van der Waals surface area contributed by atoms with Crippen molar-refractivity contribution in [1.82, 2.24) is 9.55 Å². The topological polar surface area (TPSA) is 64.0 Å². The van der Waals surface area contributed by atoms with Crippen LogP contribution in [0.2, 0.25) is 0 Å². The van der Waals surface area contributed by atoms with E-state index >= 15 is 0 Å². The van der Waals surface area contributed by atoms with Crippen molar-refractivity contribution in [3.63, 3.8) is 0 Å². The number of aryl methyl sites for hydroxylation is 1. The highest BCUT2D eigenvalue weighted by Crippen LogP contribution is 2.18. The highest BCUT2D eigenvalue weighted by Gasteiger charge is 2.10. The molecule has 2 aromatic carbocycles. The van der Waals surface area contributed by atoms with Crippen LogP contribution < -0.4 is 5.32 Å². The molecule has 1 heterocycles. The van der Waals surface area contributed by atoms with Crippen LogP contribution in [0.5, 0.6) is 0 Å². The molecule has 3 aromatic rings. The fourth-order valence-corrected chi connectivity index (χ4v) is 3.34. The first kappa shape index (κ1) is 17.9. The molecule has 5 nitrogen and oxygen atoms in total. The molecule has 0 saturated heterocycles. The molecule has 0 atom stereocenters. The summed E-state index contributed by atoms with van der Waals surface area (Å²) in [6.07, 6.45) is 3.64. The van der Waals surface area contributed by atoms with Crippen molar-refractivity contribution in [1.29, 1.82) is 0 Å². The number of amides is 1. The van der Waals surface area contributed by atoms with E-state index in [1.165, 1.54) is 11.8 Å². The Kier molecular flexibility index (Phi) is 5.86. The minimum atomic E-state index is -0.174. The molecule has 0 aliphatic heterocycles. The molecule has 0 radical (unpaired) electrons. The van der Waals surface area contributed by atoms with Gasteiger partial charge < -0.3 is 9.88 Å². The van der Waals surface area contributed by atoms with E-state index in [1.54, 1.807) is 42.6 Å². The SMILES string of the molecule is CCn1ccnc1SCC(=O)c1ccc(NC(=O)c2ccccc2)cc1. The van der Waals surface area contributed by atoms with Gasteiger partial charge in [0.2, 0.25) is 0 Å². The second-order valence-corrected chi connectivity index (χ2v) is 6.55. The summed E-state index contributed by atoms with van der Waals surface area (Å²) < 4.78 is 2.00. The van der Waals surface area contributed by atoms with Crippen molar-refractivity contribution < 1.29 is 9.59 Å². The Balaban J connectivity index is 1.58. The minimum absolute atomic E-state index is 0.0292. The van der Waals surface area contributed by atoms with Gasteiger partial charge in [-0.15, -0.1) is 0 Å². The van der Waals surface area contributed by atoms with Crippen LogP contribution in [0.1, 0.15) is 27.6 Å². The van der Waals surface area contributed by atoms with Crippen LogP contribution in [0, 0.1) is 0 Å². The van der Waals surface area contributed by atoms with Gasteiger partial charge in [-0.3, -0.25) is 9.59 Å². The van der Waals surface area contributed by atoms with Gasteiger partial charge in [0.25, 0.3) is 5.91 Å². The van der Waals surface area contributed by atoms with Crippen LogP contribution >= 0.6 is 11.8 Å². The van der Waals surface area contributed by atoms with Crippen molar-refractivity contribution in [3.8, 4) is 0 Å². The van der Waals surface area contributed by atoms with E-state index in [1.807, 2.05) is 35.9 Å². The van der Waals surface area contributed by atoms with E-state index in [9.17, 15) is 9.59 Å². The second-order valence-electron chi connectivity index (χ2n) is 5.61. The fraction of sp³-hybridized carbons (Fsp3) is 0.150. The average molecular weight is 365 g/mol. The van der Waals surface area contributed by atoms with Crippen LogP contribution in [-0.2, 0) is 6.54 Å². The average Bonchev–Trinajstić information content (AvgIpc) is 3.15. The van der Waals surface area contributed by atoms with Gasteiger partial charge in [-0.05, 0) is 43.3 Å². The normalized spacial score (nSPS) is 10.5. The number of Topliss-reactive ketones (excluding diaryl/α,β-unsaturated/α-hetero) is 1. The maximum Gasteiger partial charge on any atom is 0.255 e. The van der Waals surface area contributed by atoms with Gasteiger partial charge >= 0.3 is 0 Å². The number of aromatic nitrogens is 2. The van der Waals surface area contributed by atoms with E-state index in [0.717, 1.165) is 11.7 Å². The maximum absolute atomic E-state index is 12.3. The van der Waals surface area contributed by atoms with Crippen molar-refractivity contribution in [3.05, 3.63) is 78.1 Å². The number of carbonyl (C=O) groups is 2. The summed E-state index contributed by atoms with van der Waals surface area (Å²) in [7, 11) is 0. The summed E-state index contributed by atoms with van der Waals surface area (Å²) >= 11 is 1.43. The Bertz CT molecular complexity index is 889. The number of rotatable bonds is 7. The molecule has 0 saturated carbocycles. The van der Waals surface area contributed by atoms with Crippen LogP contribution in [0.15, 0.2) is 72.1 Å². The summed E-state index contributed by atoms with van der Waals surface area (Å²) in [5.74, 6) is 0.181. The molecule has 132 valence electrons. The lowest BCUT2D eigenvalue weighted by Gasteiger charge is -2.07. The molecule has 0 spiro atoms. The molecule has 1 N–H and O–H groups in total. The van der Waals surface area contributed by atoms with E-state index in [2.05, 4.69) is 10.3 Å². The van der Waals surface area contributed by atoms with Crippen LogP contribution in [0.25, 0.3) is 0 Å². The van der Waals surface area contributed by atoms with Gasteiger partial charge in [0.05, 0.1) is 5.75 Å². The van der Waals surface area contributed by atoms with Gasteiger partial charge in [-0.1, -0.05) is 30.0 Å². The number of imidazole rings is 1. The molecule has 0 aliphatic carbocycles. The Morgan fingerprint density at radius 2 is 1.77 bits per heavy atom. The largest absolute Gasteiger partial charge is 0.326 e. The number of nitrogens with zero attached hydrogens (tertiary/aromatic N) is 2. The standard InChI is InChI=1S/C20H19N3O2S/c1-2-23-13-12-21-20(23)26-14-18(24)15-8-10-17(11-9-15)22-19(25)16-6-4-3-5-7-16/h3-13H,2,14H2,1H3,(H,22,25). The quantitative estimate of drug-likeness (QED) is 0.505. The molecule has 0 unspecified atom stereocenters. The number of benzene rings is 2. The number of nitrogens with one attached hydrogen (secondary N) is 1. The maximum atomic E-state index is 12.3. The summed E-state index contributed by atoms with van der Waals surface area (Å²) in [5, 5.41) is 3.67. The van der Waals surface area contributed by atoms with Crippen molar-refractivity contribution in [2.45, 2.75) is 18.6 Å². The van der Waals surface area contributed by atoms with E-state index in [4.69, 9.17) is 0 Å². The van der Waals surface area contributed by atoms with Gasteiger partial charge in [0.15, 0.2) is 10.9 Å². The molecular weight excluding hydrogens is 346 g/mol. The van der Waals surface area contributed by atoms with Crippen LogP contribution in [-0.4, -0.2) is 27.0 Å². The summed E-state index contributed by atoms with van der Waals surface area (Å²) in [6.45, 7) is 2.86. The highest BCUT2D eigenvalue weighted by atomic mass is 32.2. The molecule has 0 bridgehead atoms. The van der Waals surface area contributed by atoms with Crippen LogP contribution in [0.3, 0.4) is 0 Å². The number of ketones is 1. The summed E-state index contributed by atoms with van der Waals surface area (Å²) in [6, 6.07) is 16.0. The van der Waals surface area contributed by atoms with Gasteiger partial charge in [0.1, 0.15) is 0 Å². The molecule has 1 amide bonds. The third-order valence-electron chi connectivity index (χ3n) is 3.85. The highest BCUT2D eigenvalue weighted by molar-refractivity contribution is 7.99. The van der Waals surface area contributed by atoms with Crippen LogP contribution in [0.4, 0.5) is 5.69 Å². The van der Waals surface area contributed by atoms with Crippen molar-refractivity contribution >= 4 is 29.1 Å². The zero-order chi connectivity index (χ0) is 18.4. The lowest BCUT2D eigenvalue weighted by Crippen LogP contribution is -2.12. The number of hydrogen-bond acceptors (Lipinski definition) is 4. The van der Waals surface area contributed by atoms with E-state index < -0.39 is 0 Å². The molecule has 0 fully saturated rings. The number of thioether (sulfide) groups is 1. The molecule has 0 aliphatic rings. The zero-order valence-corrected chi connectivity index (χ0v) is 15.2. The Morgan fingerprint density at radius 1 is 1.04 bits per heavy atom. The first-order valence-electron chi connectivity index (χ1n) is 8.31. The predicted octanol–water partition coefficient (Wildman–Crippen LogP) is 4.13. The molecule has 1 aromatic heterocycles. The first-order valence-corrected chi connectivity index (χ1v) is 9.29. The smallest absolute Gasteiger partial charge is 0.255 e. The lowest BCUT2D eigenvalue weighted by molar-refractivity contribution is 0.101. The van der Waals surface area contributed by atoms with E-state index in [0.29, 0.717) is 22.6 Å². The van der Waals surface area contributed by atoms with Gasteiger partial charge in [-0.2, -0.15) is 0 Å². The monoisotopic (exact) mass is 365 g/mol. The number of anilines is 1. The Hall–Kier alpha value is -2.86. The first-order chi connectivity index (χ1) is 12.7. The van der Waals surface area contributed by atoms with Gasteiger partial charge in [-0.25, -0.2) is 4.98 Å². The molecule has 3 rings (SSSR count).